The number of carbonyl (C=O) groups excluding carboxylic acids is 3. The van der Waals surface area contributed by atoms with E-state index in [0.717, 1.165) is 11.4 Å². The van der Waals surface area contributed by atoms with Crippen molar-refractivity contribution in [3.8, 4) is 17.2 Å². The van der Waals surface area contributed by atoms with E-state index in [4.69, 9.17) is 14.2 Å². The summed E-state index contributed by atoms with van der Waals surface area (Å²) in [5.74, 6) is 1.33. The number of anilines is 1. The Morgan fingerprint density at radius 3 is 2.31 bits per heavy atom. The molecule has 11 nitrogen and oxygen atoms in total. The smallest absolute Gasteiger partial charge is 0.322 e. The maximum Gasteiger partial charge on any atom is 0.322 e. The fraction of sp³-hybridized carbons (Fsp3) is 0.393. The average Bonchev–Trinajstić information content (AvgIpc) is 3.30. The summed E-state index contributed by atoms with van der Waals surface area (Å²) in [6, 6.07) is 12.1. The topological polar surface area (TPSA) is 104 Å². The molecule has 206 valence electrons. The molecule has 4 amide bonds. The van der Waals surface area contributed by atoms with Crippen molar-refractivity contribution in [3.63, 3.8) is 0 Å². The number of hydrogen-bond donors (Lipinski definition) is 1. The number of benzene rings is 2. The Hall–Kier alpha value is -4.41. The van der Waals surface area contributed by atoms with Crippen molar-refractivity contribution in [1.29, 1.82) is 0 Å². The van der Waals surface area contributed by atoms with Crippen molar-refractivity contribution in [2.24, 2.45) is 0 Å². The van der Waals surface area contributed by atoms with Crippen molar-refractivity contribution in [1.82, 2.24) is 20.0 Å². The number of nitrogens with one attached hydrogen (secondary N) is 1. The summed E-state index contributed by atoms with van der Waals surface area (Å²) < 4.78 is 16.5. The van der Waals surface area contributed by atoms with Crippen LogP contribution in [0.25, 0.3) is 0 Å². The number of likely N-dealkylation sites (N-methyl/N-ethyl adjacent to an activating group) is 1. The molecule has 1 N–H and O–H groups in total. The van der Waals surface area contributed by atoms with Crippen LogP contribution in [0.1, 0.15) is 11.6 Å². The lowest BCUT2D eigenvalue weighted by molar-refractivity contribution is -0.137. The van der Waals surface area contributed by atoms with Crippen LogP contribution < -0.4 is 24.4 Å². The molecule has 3 aliphatic rings. The quantitative estimate of drug-likeness (QED) is 0.577. The zero-order valence-electron chi connectivity index (χ0n) is 22.6. The summed E-state index contributed by atoms with van der Waals surface area (Å²) in [5.41, 5.74) is 2.61. The Labute approximate surface area is 227 Å². The number of rotatable bonds is 7. The van der Waals surface area contributed by atoms with E-state index in [1.165, 1.54) is 24.0 Å². The summed E-state index contributed by atoms with van der Waals surface area (Å²) in [5, 5.41) is 2.91. The molecule has 3 heterocycles. The van der Waals surface area contributed by atoms with Gasteiger partial charge >= 0.3 is 6.03 Å². The Balaban J connectivity index is 1.30. The Bertz CT molecular complexity index is 1320. The van der Waals surface area contributed by atoms with Gasteiger partial charge in [-0.15, -0.1) is 0 Å². The molecule has 0 aromatic heterocycles. The first-order chi connectivity index (χ1) is 18.9. The Morgan fingerprint density at radius 2 is 1.62 bits per heavy atom. The van der Waals surface area contributed by atoms with Crippen LogP contribution in [0.5, 0.6) is 17.2 Å². The van der Waals surface area contributed by atoms with Crippen molar-refractivity contribution in [2.75, 3.05) is 72.5 Å². The van der Waals surface area contributed by atoms with Gasteiger partial charge in [0, 0.05) is 38.8 Å². The molecule has 2 aromatic rings. The largest absolute Gasteiger partial charge is 0.495 e. The number of para-hydroxylation sites is 3. The van der Waals surface area contributed by atoms with Crippen LogP contribution in [0.2, 0.25) is 0 Å². The van der Waals surface area contributed by atoms with Crippen LogP contribution in [0.3, 0.4) is 0 Å². The molecular formula is C28H33N5O6. The Morgan fingerprint density at radius 1 is 0.923 bits per heavy atom. The highest BCUT2D eigenvalue weighted by atomic mass is 16.5. The molecule has 1 atom stereocenters. The average molecular weight is 536 g/mol. The molecule has 2 aromatic carbocycles. The molecule has 0 spiro atoms. The van der Waals surface area contributed by atoms with Gasteiger partial charge < -0.3 is 34.2 Å². The minimum Gasteiger partial charge on any atom is -0.495 e. The fourth-order valence-electron chi connectivity index (χ4n) is 5.47. The first-order valence-electron chi connectivity index (χ1n) is 12.8. The van der Waals surface area contributed by atoms with Gasteiger partial charge in [0.05, 0.1) is 50.9 Å². The monoisotopic (exact) mass is 535 g/mol. The second kappa shape index (κ2) is 10.8. The maximum atomic E-state index is 13.7. The molecule has 0 aliphatic carbocycles. The maximum absolute atomic E-state index is 13.7. The molecule has 39 heavy (non-hydrogen) atoms. The van der Waals surface area contributed by atoms with E-state index in [-0.39, 0.29) is 30.9 Å². The first kappa shape index (κ1) is 26.2. The van der Waals surface area contributed by atoms with Crippen LogP contribution in [-0.2, 0) is 9.59 Å². The van der Waals surface area contributed by atoms with E-state index < -0.39 is 6.04 Å². The van der Waals surface area contributed by atoms with Crippen molar-refractivity contribution in [2.45, 2.75) is 6.04 Å². The lowest BCUT2D eigenvalue weighted by Gasteiger charge is -2.37. The number of ether oxygens (including phenoxy) is 3. The molecule has 5 rings (SSSR count). The van der Waals surface area contributed by atoms with Gasteiger partial charge in [-0.2, -0.15) is 0 Å². The molecule has 0 saturated carbocycles. The van der Waals surface area contributed by atoms with E-state index in [9.17, 15) is 14.4 Å². The van der Waals surface area contributed by atoms with E-state index >= 15 is 0 Å². The van der Waals surface area contributed by atoms with Gasteiger partial charge in [0.25, 0.3) is 5.91 Å². The zero-order chi connectivity index (χ0) is 27.7. The molecular weight excluding hydrogens is 502 g/mol. The number of carbonyl (C=O) groups is 3. The second-order valence-corrected chi connectivity index (χ2v) is 9.59. The highest BCUT2D eigenvalue weighted by Crippen LogP contribution is 2.42. The number of amides is 4. The van der Waals surface area contributed by atoms with E-state index in [1.807, 2.05) is 24.3 Å². The summed E-state index contributed by atoms with van der Waals surface area (Å²) in [7, 11) is 6.32. The summed E-state index contributed by atoms with van der Waals surface area (Å²) in [6.45, 7) is 2.50. The van der Waals surface area contributed by atoms with Crippen LogP contribution in [0.4, 0.5) is 10.5 Å². The Kier molecular flexibility index (Phi) is 7.23. The number of hydrogen-bond acceptors (Lipinski definition) is 7. The third kappa shape index (κ3) is 4.68. The second-order valence-electron chi connectivity index (χ2n) is 9.59. The molecule has 11 heteroatoms. The zero-order valence-corrected chi connectivity index (χ0v) is 22.6. The lowest BCUT2D eigenvalue weighted by Crippen LogP contribution is -2.51. The molecule has 0 radical (unpaired) electrons. The van der Waals surface area contributed by atoms with Gasteiger partial charge in [0.2, 0.25) is 5.91 Å². The van der Waals surface area contributed by atoms with Gasteiger partial charge in [-0.3, -0.25) is 14.5 Å². The van der Waals surface area contributed by atoms with Gasteiger partial charge in [-0.25, -0.2) is 4.79 Å². The van der Waals surface area contributed by atoms with Crippen LogP contribution >= 0.6 is 0 Å². The van der Waals surface area contributed by atoms with Crippen LogP contribution in [0.15, 0.2) is 53.7 Å². The number of piperazine rings is 1. The van der Waals surface area contributed by atoms with Gasteiger partial charge in [0.1, 0.15) is 12.3 Å². The normalized spacial score (nSPS) is 19.2. The van der Waals surface area contributed by atoms with E-state index in [2.05, 4.69) is 10.2 Å². The summed E-state index contributed by atoms with van der Waals surface area (Å²) in [4.78, 5) is 46.7. The number of nitrogens with zero attached hydrogens (tertiary/aromatic N) is 4. The molecule has 1 fully saturated rings. The standard InChI is InChI=1S/C28H33N5O6/c1-30-20-16-33(17-23(34)32-14-12-31(13-15-32)19-9-5-6-10-21(19)37-2)27(35)24(20)25(29-28(30)36)18-8-7-11-22(38-3)26(18)39-4/h5-11,25H,12-17H2,1-4H3,(H,29,36). The van der Waals surface area contributed by atoms with Crippen LogP contribution in [0, 0.1) is 0 Å². The highest BCUT2D eigenvalue weighted by Gasteiger charge is 2.44. The minimum atomic E-state index is -0.731. The minimum absolute atomic E-state index is 0.0650. The van der Waals surface area contributed by atoms with Gasteiger partial charge in [0.15, 0.2) is 11.5 Å². The van der Waals surface area contributed by atoms with Crippen molar-refractivity contribution < 1.29 is 28.6 Å². The van der Waals surface area contributed by atoms with Crippen molar-refractivity contribution in [3.05, 3.63) is 59.3 Å². The lowest BCUT2D eigenvalue weighted by atomic mass is 9.94. The predicted molar refractivity (Wildman–Crippen MR) is 144 cm³/mol. The van der Waals surface area contributed by atoms with Crippen molar-refractivity contribution >= 4 is 23.5 Å². The molecule has 0 bridgehead atoms. The first-order valence-corrected chi connectivity index (χ1v) is 12.8. The molecule has 1 saturated heterocycles. The number of urea groups is 1. The number of methoxy groups -OCH3 is 3. The highest BCUT2D eigenvalue weighted by molar-refractivity contribution is 6.03. The van der Waals surface area contributed by atoms with E-state index in [0.29, 0.717) is 54.5 Å². The van der Waals surface area contributed by atoms with Gasteiger partial charge in [-0.05, 0) is 18.2 Å². The molecule has 3 aliphatic heterocycles. The van der Waals surface area contributed by atoms with Gasteiger partial charge in [-0.1, -0.05) is 24.3 Å². The fourth-order valence-corrected chi connectivity index (χ4v) is 5.47. The summed E-state index contributed by atoms with van der Waals surface area (Å²) in [6.07, 6.45) is 0. The predicted octanol–water partition coefficient (Wildman–Crippen LogP) is 1.85. The SMILES string of the molecule is COc1ccccc1N1CCN(C(=O)CN2CC3=C(C2=O)C(c2cccc(OC)c2OC)NC(=O)N3C)CC1. The van der Waals surface area contributed by atoms with Crippen LogP contribution in [-0.4, -0.2) is 100 Å². The molecule has 1 unspecified atom stereocenters. The third-order valence-corrected chi connectivity index (χ3v) is 7.56. The van der Waals surface area contributed by atoms with E-state index in [1.54, 1.807) is 37.3 Å². The summed E-state index contributed by atoms with van der Waals surface area (Å²) >= 11 is 0. The third-order valence-electron chi connectivity index (χ3n) is 7.56.